The van der Waals surface area contributed by atoms with Gasteiger partial charge in [0.05, 0.1) is 5.69 Å². The average Bonchev–Trinajstić information content (AvgIpc) is 2.81. The molecule has 0 aliphatic carbocycles. The lowest BCUT2D eigenvalue weighted by Crippen LogP contribution is -2.20. The van der Waals surface area contributed by atoms with E-state index < -0.39 is 0 Å². The van der Waals surface area contributed by atoms with Crippen LogP contribution in [0.25, 0.3) is 0 Å². The molecule has 0 aromatic heterocycles. The molecule has 0 bridgehead atoms. The fraction of sp³-hybridized carbons (Fsp3) is 0.600. The Balaban J connectivity index is 2.05. The van der Waals surface area contributed by atoms with Crippen LogP contribution in [0.4, 0.5) is 11.4 Å². The van der Waals surface area contributed by atoms with E-state index in [9.17, 15) is 0 Å². The molecule has 2 N–H and O–H groups in total. The first-order chi connectivity index (χ1) is 16.1. The van der Waals surface area contributed by atoms with Crippen LogP contribution in [0.15, 0.2) is 48.5 Å². The van der Waals surface area contributed by atoms with Crippen LogP contribution in [0.1, 0.15) is 105 Å². The summed E-state index contributed by atoms with van der Waals surface area (Å²) >= 11 is 0. The van der Waals surface area contributed by atoms with Crippen LogP contribution < -0.4 is 15.4 Å². The maximum atomic E-state index is 6.31. The number of ether oxygens (including phenoxy) is 1. The highest BCUT2D eigenvalue weighted by molar-refractivity contribution is 5.76. The second kappa shape index (κ2) is 16.5. The van der Waals surface area contributed by atoms with E-state index >= 15 is 0 Å². The van der Waals surface area contributed by atoms with Gasteiger partial charge in [0.25, 0.3) is 0 Å². The van der Waals surface area contributed by atoms with E-state index in [2.05, 4.69) is 56.5 Å². The summed E-state index contributed by atoms with van der Waals surface area (Å²) in [5.41, 5.74) is 2.22. The minimum atomic E-state index is 0.400. The maximum Gasteiger partial charge on any atom is 0.152 e. The summed E-state index contributed by atoms with van der Waals surface area (Å²) in [6.45, 7) is 9.13. The predicted octanol–water partition coefficient (Wildman–Crippen LogP) is 9.80. The first-order valence-electron chi connectivity index (χ1n) is 13.5. The van der Waals surface area contributed by atoms with Crippen molar-refractivity contribution in [1.82, 2.24) is 0 Å². The molecule has 0 saturated heterocycles. The largest absolute Gasteiger partial charge is 0.455 e. The van der Waals surface area contributed by atoms with Crippen molar-refractivity contribution in [3.63, 3.8) is 0 Å². The maximum absolute atomic E-state index is 6.31. The van der Waals surface area contributed by atoms with Crippen LogP contribution in [0.5, 0.6) is 11.5 Å². The molecule has 0 fully saturated rings. The van der Waals surface area contributed by atoms with Gasteiger partial charge >= 0.3 is 0 Å². The summed E-state index contributed by atoms with van der Waals surface area (Å²) in [7, 11) is 0. The zero-order valence-corrected chi connectivity index (χ0v) is 21.7. The Morgan fingerprint density at radius 2 is 1.21 bits per heavy atom. The highest BCUT2D eigenvalue weighted by atomic mass is 16.5. The van der Waals surface area contributed by atoms with Gasteiger partial charge in [0.15, 0.2) is 5.75 Å². The first-order valence-corrected chi connectivity index (χ1v) is 13.5. The number of benzene rings is 2. The molecule has 0 spiro atoms. The van der Waals surface area contributed by atoms with Crippen LogP contribution in [-0.4, -0.2) is 12.1 Å². The van der Waals surface area contributed by atoms with Crippen molar-refractivity contribution in [1.29, 1.82) is 0 Å². The highest BCUT2D eigenvalue weighted by Crippen LogP contribution is 2.37. The Morgan fingerprint density at radius 1 is 0.636 bits per heavy atom. The summed E-state index contributed by atoms with van der Waals surface area (Å²) in [6, 6.07) is 17.3. The van der Waals surface area contributed by atoms with Crippen LogP contribution in [0.3, 0.4) is 0 Å². The van der Waals surface area contributed by atoms with Gasteiger partial charge in [0.2, 0.25) is 0 Å². The van der Waals surface area contributed by atoms with Crippen molar-refractivity contribution in [2.75, 3.05) is 10.6 Å². The third kappa shape index (κ3) is 11.0. The third-order valence-electron chi connectivity index (χ3n) is 6.27. The number of para-hydroxylation sites is 2. The Labute approximate surface area is 203 Å². The summed E-state index contributed by atoms with van der Waals surface area (Å²) in [4.78, 5) is 0. The van der Waals surface area contributed by atoms with Gasteiger partial charge < -0.3 is 15.4 Å². The quantitative estimate of drug-likeness (QED) is 0.221. The standard InChI is InChI=1S/C30H48N2O/c1-5-7-9-11-14-19-25(3)31-28-23-18-24-29(33-27-21-16-13-17-22-27)30(28)32-26(4)20-15-12-10-8-6-2/h13,16-18,21-26,31-32H,5-12,14-15,19-20H2,1-4H3. The Morgan fingerprint density at radius 3 is 1.82 bits per heavy atom. The summed E-state index contributed by atoms with van der Waals surface area (Å²) < 4.78 is 6.31. The lowest BCUT2D eigenvalue weighted by Gasteiger charge is -2.24. The van der Waals surface area contributed by atoms with Crippen LogP contribution >= 0.6 is 0 Å². The highest BCUT2D eigenvalue weighted by Gasteiger charge is 2.15. The molecule has 0 aliphatic rings. The molecule has 2 rings (SSSR count). The van der Waals surface area contributed by atoms with E-state index in [-0.39, 0.29) is 0 Å². The predicted molar refractivity (Wildman–Crippen MR) is 146 cm³/mol. The summed E-state index contributed by atoms with van der Waals surface area (Å²) in [5, 5.41) is 7.57. The van der Waals surface area contributed by atoms with Gasteiger partial charge in [-0.15, -0.1) is 0 Å². The molecule has 0 aliphatic heterocycles. The molecule has 2 aromatic carbocycles. The van der Waals surface area contributed by atoms with Crippen LogP contribution in [-0.2, 0) is 0 Å². The van der Waals surface area contributed by atoms with Crippen molar-refractivity contribution < 1.29 is 4.74 Å². The minimum Gasteiger partial charge on any atom is -0.455 e. The minimum absolute atomic E-state index is 0.400. The molecule has 3 nitrogen and oxygen atoms in total. The Hall–Kier alpha value is -2.16. The zero-order chi connectivity index (χ0) is 23.7. The van der Waals surface area contributed by atoms with E-state index in [1.807, 2.05) is 30.3 Å². The number of rotatable bonds is 18. The van der Waals surface area contributed by atoms with Crippen LogP contribution in [0.2, 0.25) is 0 Å². The van der Waals surface area contributed by atoms with Crippen molar-refractivity contribution in [3.05, 3.63) is 48.5 Å². The molecule has 2 unspecified atom stereocenters. The Bertz CT molecular complexity index is 746. The number of hydrogen-bond donors (Lipinski definition) is 2. The van der Waals surface area contributed by atoms with Gasteiger partial charge in [-0.05, 0) is 51.0 Å². The van der Waals surface area contributed by atoms with E-state index in [1.165, 1.54) is 77.0 Å². The van der Waals surface area contributed by atoms with Gasteiger partial charge in [-0.1, -0.05) is 102 Å². The third-order valence-corrected chi connectivity index (χ3v) is 6.27. The molecular formula is C30H48N2O. The van der Waals surface area contributed by atoms with Gasteiger partial charge in [0.1, 0.15) is 11.4 Å². The van der Waals surface area contributed by atoms with Crippen LogP contribution in [0, 0.1) is 0 Å². The lowest BCUT2D eigenvalue weighted by atomic mass is 10.1. The van der Waals surface area contributed by atoms with E-state index in [0.717, 1.165) is 22.9 Å². The van der Waals surface area contributed by atoms with Gasteiger partial charge in [0, 0.05) is 12.1 Å². The normalized spacial score (nSPS) is 12.8. The smallest absolute Gasteiger partial charge is 0.152 e. The van der Waals surface area contributed by atoms with Crippen molar-refractivity contribution in [3.8, 4) is 11.5 Å². The van der Waals surface area contributed by atoms with Crippen molar-refractivity contribution >= 4 is 11.4 Å². The molecule has 0 heterocycles. The molecule has 33 heavy (non-hydrogen) atoms. The van der Waals surface area contributed by atoms with Crippen molar-refractivity contribution in [2.24, 2.45) is 0 Å². The van der Waals surface area contributed by atoms with E-state index in [1.54, 1.807) is 0 Å². The molecule has 0 saturated carbocycles. The number of anilines is 2. The first kappa shape index (κ1) is 27.1. The van der Waals surface area contributed by atoms with Gasteiger partial charge in [-0.3, -0.25) is 0 Å². The zero-order valence-electron chi connectivity index (χ0n) is 21.7. The second-order valence-corrected chi connectivity index (χ2v) is 9.59. The van der Waals surface area contributed by atoms with Gasteiger partial charge in [-0.25, -0.2) is 0 Å². The monoisotopic (exact) mass is 452 g/mol. The molecule has 0 amide bonds. The van der Waals surface area contributed by atoms with E-state index in [4.69, 9.17) is 4.74 Å². The average molecular weight is 453 g/mol. The van der Waals surface area contributed by atoms with Gasteiger partial charge in [-0.2, -0.15) is 0 Å². The topological polar surface area (TPSA) is 33.3 Å². The molecule has 2 aromatic rings. The molecule has 2 atom stereocenters. The number of unbranched alkanes of at least 4 members (excludes halogenated alkanes) is 8. The lowest BCUT2D eigenvalue weighted by molar-refractivity contribution is 0.483. The molecule has 3 heteroatoms. The van der Waals surface area contributed by atoms with E-state index in [0.29, 0.717) is 12.1 Å². The summed E-state index contributed by atoms with van der Waals surface area (Å²) in [6.07, 6.45) is 15.6. The Kier molecular flexibility index (Phi) is 13.5. The molecular weight excluding hydrogens is 404 g/mol. The summed E-state index contributed by atoms with van der Waals surface area (Å²) in [5.74, 6) is 1.76. The fourth-order valence-corrected chi connectivity index (χ4v) is 4.27. The fourth-order valence-electron chi connectivity index (χ4n) is 4.27. The molecule has 0 radical (unpaired) electrons. The number of nitrogens with one attached hydrogen (secondary N) is 2. The molecule has 184 valence electrons. The SMILES string of the molecule is CCCCCCCC(C)Nc1cccc(Oc2ccccc2)c1NC(C)CCCCCCC. The number of hydrogen-bond acceptors (Lipinski definition) is 3. The van der Waals surface area contributed by atoms with Crippen molar-refractivity contribution in [2.45, 2.75) is 117 Å². The second-order valence-electron chi connectivity index (χ2n) is 9.59.